The summed E-state index contributed by atoms with van der Waals surface area (Å²) in [4.78, 5) is 39.8. The summed E-state index contributed by atoms with van der Waals surface area (Å²) in [6, 6.07) is 14.9. The van der Waals surface area contributed by atoms with Crippen LogP contribution in [-0.4, -0.2) is 37.8 Å². The Bertz CT molecular complexity index is 1290. The first kappa shape index (κ1) is 19.7. The van der Waals surface area contributed by atoms with E-state index in [-0.39, 0.29) is 11.8 Å². The van der Waals surface area contributed by atoms with Gasteiger partial charge in [-0.05, 0) is 49.2 Å². The van der Waals surface area contributed by atoms with Gasteiger partial charge in [0.15, 0.2) is 11.5 Å². The third-order valence-corrected chi connectivity index (χ3v) is 5.09. The second kappa shape index (κ2) is 8.10. The number of hydrogen-bond acceptors (Lipinski definition) is 6. The molecule has 2 heterocycles. The molecular weight excluding hydrogens is 406 g/mol. The van der Waals surface area contributed by atoms with E-state index < -0.39 is 0 Å². The first-order valence-corrected chi connectivity index (χ1v) is 10.3. The summed E-state index contributed by atoms with van der Waals surface area (Å²) in [7, 11) is 0. The molecule has 9 heteroatoms. The van der Waals surface area contributed by atoms with Crippen molar-refractivity contribution in [3.63, 3.8) is 0 Å². The third-order valence-electron chi connectivity index (χ3n) is 5.09. The van der Waals surface area contributed by atoms with E-state index in [0.717, 1.165) is 24.1 Å². The maximum atomic E-state index is 12.2. The summed E-state index contributed by atoms with van der Waals surface area (Å²) < 4.78 is 0. The topological polar surface area (TPSA) is 125 Å². The molecule has 4 aromatic rings. The van der Waals surface area contributed by atoms with Gasteiger partial charge in [-0.3, -0.25) is 9.59 Å². The van der Waals surface area contributed by atoms with E-state index in [1.807, 2.05) is 24.3 Å². The van der Waals surface area contributed by atoms with Crippen molar-refractivity contribution in [1.29, 1.82) is 0 Å². The molecule has 160 valence electrons. The van der Waals surface area contributed by atoms with Crippen LogP contribution < -0.4 is 16.0 Å². The van der Waals surface area contributed by atoms with E-state index in [1.165, 1.54) is 13.3 Å². The monoisotopic (exact) mass is 427 g/mol. The summed E-state index contributed by atoms with van der Waals surface area (Å²) >= 11 is 0. The van der Waals surface area contributed by atoms with Crippen LogP contribution in [0.1, 0.15) is 30.1 Å². The van der Waals surface area contributed by atoms with Gasteiger partial charge in [0.05, 0.1) is 0 Å². The highest BCUT2D eigenvalue weighted by molar-refractivity contribution is 5.95. The Kier molecular flexibility index (Phi) is 4.98. The number of anilines is 3. The molecule has 2 aromatic heterocycles. The normalized spacial score (nSPS) is 13.0. The van der Waals surface area contributed by atoms with Gasteiger partial charge in [-0.2, -0.15) is 0 Å². The van der Waals surface area contributed by atoms with E-state index in [0.29, 0.717) is 40.1 Å². The highest BCUT2D eigenvalue weighted by atomic mass is 16.2. The molecule has 2 aromatic carbocycles. The molecule has 5 rings (SSSR count). The van der Waals surface area contributed by atoms with E-state index in [9.17, 15) is 9.59 Å². The molecule has 1 fully saturated rings. The Labute approximate surface area is 183 Å². The summed E-state index contributed by atoms with van der Waals surface area (Å²) in [5, 5.41) is 8.97. The third kappa shape index (κ3) is 4.27. The molecule has 9 nitrogen and oxygen atoms in total. The van der Waals surface area contributed by atoms with E-state index in [4.69, 9.17) is 0 Å². The summed E-state index contributed by atoms with van der Waals surface area (Å²) in [6.45, 7) is 1.47. The van der Waals surface area contributed by atoms with Crippen molar-refractivity contribution in [2.24, 2.45) is 0 Å². The molecule has 0 spiro atoms. The Morgan fingerprint density at radius 1 is 0.969 bits per heavy atom. The fraction of sp³-hybridized carbons (Fsp3) is 0.174. The number of amides is 2. The molecule has 0 radical (unpaired) electrons. The predicted octanol–water partition coefficient (Wildman–Crippen LogP) is 3.61. The first-order chi connectivity index (χ1) is 15.5. The number of rotatable bonds is 6. The number of nitrogens with zero attached hydrogens (tertiary/aromatic N) is 3. The predicted molar refractivity (Wildman–Crippen MR) is 122 cm³/mol. The number of imidazole rings is 1. The Morgan fingerprint density at radius 2 is 1.69 bits per heavy atom. The van der Waals surface area contributed by atoms with Crippen LogP contribution in [-0.2, 0) is 4.79 Å². The lowest BCUT2D eigenvalue weighted by atomic mass is 10.1. The van der Waals surface area contributed by atoms with Crippen molar-refractivity contribution in [3.05, 3.63) is 60.4 Å². The molecule has 1 aliphatic carbocycles. The average molecular weight is 427 g/mol. The second-order valence-electron chi connectivity index (χ2n) is 7.71. The number of carbonyl (C=O) groups excluding carboxylic acids is 2. The van der Waals surface area contributed by atoms with Gasteiger partial charge in [-0.1, -0.05) is 12.1 Å². The van der Waals surface area contributed by atoms with Crippen molar-refractivity contribution < 1.29 is 9.59 Å². The van der Waals surface area contributed by atoms with E-state index in [1.54, 1.807) is 24.3 Å². The van der Waals surface area contributed by atoms with Gasteiger partial charge in [0, 0.05) is 35.5 Å². The number of aromatic amines is 1. The maximum Gasteiger partial charge on any atom is 0.251 e. The Morgan fingerprint density at radius 3 is 2.38 bits per heavy atom. The summed E-state index contributed by atoms with van der Waals surface area (Å²) in [5.41, 5.74) is 4.19. The van der Waals surface area contributed by atoms with Crippen LogP contribution in [0.15, 0.2) is 54.9 Å². The molecule has 1 saturated carbocycles. The van der Waals surface area contributed by atoms with Crippen LogP contribution in [0.3, 0.4) is 0 Å². The van der Waals surface area contributed by atoms with Gasteiger partial charge in [0.2, 0.25) is 5.91 Å². The van der Waals surface area contributed by atoms with Crippen LogP contribution in [0, 0.1) is 0 Å². The van der Waals surface area contributed by atoms with Crippen LogP contribution in [0.5, 0.6) is 0 Å². The number of hydrogen-bond donors (Lipinski definition) is 4. The van der Waals surface area contributed by atoms with Crippen LogP contribution in [0.2, 0.25) is 0 Å². The molecule has 0 atom stereocenters. The first-order valence-electron chi connectivity index (χ1n) is 10.3. The van der Waals surface area contributed by atoms with Crippen molar-refractivity contribution in [1.82, 2.24) is 25.3 Å². The molecule has 2 amide bonds. The number of fused-ring (bicyclic) bond motifs is 1. The highest BCUT2D eigenvalue weighted by Crippen LogP contribution is 2.26. The van der Waals surface area contributed by atoms with Gasteiger partial charge in [0.1, 0.15) is 17.7 Å². The molecule has 32 heavy (non-hydrogen) atoms. The molecule has 1 aliphatic rings. The largest absolute Gasteiger partial charge is 0.349 e. The van der Waals surface area contributed by atoms with E-state index in [2.05, 4.69) is 35.9 Å². The number of carbonyl (C=O) groups is 2. The maximum absolute atomic E-state index is 12.2. The number of nitrogens with one attached hydrogen (secondary N) is 4. The van der Waals surface area contributed by atoms with Crippen molar-refractivity contribution in [3.8, 4) is 11.4 Å². The average Bonchev–Trinajstić information content (AvgIpc) is 3.49. The van der Waals surface area contributed by atoms with Gasteiger partial charge in [0.25, 0.3) is 5.91 Å². The van der Waals surface area contributed by atoms with Crippen molar-refractivity contribution in [2.45, 2.75) is 25.8 Å². The smallest absolute Gasteiger partial charge is 0.251 e. The minimum Gasteiger partial charge on any atom is -0.349 e. The molecule has 0 unspecified atom stereocenters. The van der Waals surface area contributed by atoms with Crippen LogP contribution in [0.4, 0.5) is 17.2 Å². The lowest BCUT2D eigenvalue weighted by Crippen LogP contribution is -2.25. The number of aromatic nitrogens is 4. The molecule has 0 aliphatic heterocycles. The standard InChI is InChI=1S/C23H21N7O2/c1-13(31)26-16-6-8-17(9-7-16)27-21-19-22(25-12-24-21)30-20(29-19)14-2-4-15(5-3-14)23(32)28-18-10-11-18/h2-9,12,18H,10-11H2,1H3,(H,26,31)(H,28,32)(H2,24,25,27,29,30). The van der Waals surface area contributed by atoms with Gasteiger partial charge < -0.3 is 20.9 Å². The molecular formula is C23H21N7O2. The van der Waals surface area contributed by atoms with E-state index >= 15 is 0 Å². The Hall–Kier alpha value is -4.27. The number of H-pyrrole nitrogens is 1. The minimum atomic E-state index is -0.121. The highest BCUT2D eigenvalue weighted by Gasteiger charge is 2.23. The Balaban J connectivity index is 1.37. The minimum absolute atomic E-state index is 0.0504. The van der Waals surface area contributed by atoms with Gasteiger partial charge in [-0.15, -0.1) is 0 Å². The lowest BCUT2D eigenvalue weighted by molar-refractivity contribution is -0.114. The SMILES string of the molecule is CC(=O)Nc1ccc(Nc2ncnc3nc(-c4ccc(C(=O)NC5CC5)cc4)[nH]c23)cc1. The summed E-state index contributed by atoms with van der Waals surface area (Å²) in [5.74, 6) is 1.05. The van der Waals surface area contributed by atoms with Crippen molar-refractivity contribution >= 4 is 40.2 Å². The van der Waals surface area contributed by atoms with Crippen LogP contribution >= 0.6 is 0 Å². The number of benzene rings is 2. The lowest BCUT2D eigenvalue weighted by Gasteiger charge is -2.07. The molecule has 4 N–H and O–H groups in total. The van der Waals surface area contributed by atoms with Crippen LogP contribution in [0.25, 0.3) is 22.6 Å². The zero-order chi connectivity index (χ0) is 22.1. The van der Waals surface area contributed by atoms with Gasteiger partial charge >= 0.3 is 0 Å². The second-order valence-corrected chi connectivity index (χ2v) is 7.71. The summed E-state index contributed by atoms with van der Waals surface area (Å²) in [6.07, 6.45) is 3.56. The zero-order valence-electron chi connectivity index (χ0n) is 17.3. The molecule has 0 saturated heterocycles. The zero-order valence-corrected chi connectivity index (χ0v) is 17.3. The molecule has 0 bridgehead atoms. The fourth-order valence-electron chi connectivity index (χ4n) is 3.31. The fourth-order valence-corrected chi connectivity index (χ4v) is 3.31. The van der Waals surface area contributed by atoms with Gasteiger partial charge in [-0.25, -0.2) is 15.0 Å². The quantitative estimate of drug-likeness (QED) is 0.373. The van der Waals surface area contributed by atoms with Crippen molar-refractivity contribution in [2.75, 3.05) is 10.6 Å².